The third-order valence-corrected chi connectivity index (χ3v) is 2.37. The highest BCUT2D eigenvalue weighted by molar-refractivity contribution is 5.65. The third kappa shape index (κ3) is 0.959. The van der Waals surface area contributed by atoms with Gasteiger partial charge in [0.05, 0.1) is 6.04 Å². The highest BCUT2D eigenvalue weighted by Crippen LogP contribution is 2.26. The fourth-order valence-corrected chi connectivity index (χ4v) is 1.78. The van der Waals surface area contributed by atoms with Gasteiger partial charge in [-0.25, -0.2) is 0 Å². The van der Waals surface area contributed by atoms with Crippen molar-refractivity contribution in [1.82, 2.24) is 5.32 Å². The number of aldehydes is 1. The van der Waals surface area contributed by atoms with Crippen LogP contribution in [0.3, 0.4) is 0 Å². The Balaban J connectivity index is 2.55. The second-order valence-corrected chi connectivity index (χ2v) is 3.14. The number of hydrogen-bond donors (Lipinski definition) is 1. The summed E-state index contributed by atoms with van der Waals surface area (Å²) >= 11 is 0. The van der Waals surface area contributed by atoms with Crippen molar-refractivity contribution in [3.8, 4) is 0 Å². The van der Waals surface area contributed by atoms with Crippen LogP contribution in [-0.4, -0.2) is 6.29 Å². The molecule has 62 valence electrons. The topological polar surface area (TPSA) is 29.1 Å². The van der Waals surface area contributed by atoms with Crippen molar-refractivity contribution in [2.75, 3.05) is 0 Å². The minimum absolute atomic E-state index is 0.0822. The lowest BCUT2D eigenvalue weighted by Crippen LogP contribution is -2.13. The van der Waals surface area contributed by atoms with Gasteiger partial charge in [-0.3, -0.25) is 5.32 Å². The summed E-state index contributed by atoms with van der Waals surface area (Å²) in [6, 6.07) is 6.06. The molecule has 0 saturated carbocycles. The molecule has 0 radical (unpaired) electrons. The second-order valence-electron chi connectivity index (χ2n) is 3.14. The van der Waals surface area contributed by atoms with E-state index >= 15 is 0 Å². The van der Waals surface area contributed by atoms with Crippen LogP contribution in [0.4, 0.5) is 0 Å². The Labute approximate surface area is 71.6 Å². The first-order chi connectivity index (χ1) is 5.83. The molecule has 1 unspecified atom stereocenters. The van der Waals surface area contributed by atoms with E-state index in [0.717, 1.165) is 12.8 Å². The molecule has 1 atom stereocenters. The zero-order valence-electron chi connectivity index (χ0n) is 7.00. The van der Waals surface area contributed by atoms with E-state index in [4.69, 9.17) is 0 Å². The van der Waals surface area contributed by atoms with E-state index < -0.39 is 0 Å². The molecule has 0 aromatic heterocycles. The van der Waals surface area contributed by atoms with E-state index in [1.165, 1.54) is 16.7 Å². The molecule has 12 heavy (non-hydrogen) atoms. The number of carbonyl (C=O) groups is 1. The molecule has 0 amide bonds. The lowest BCUT2D eigenvalue weighted by atomic mass is 10.0. The quantitative estimate of drug-likeness (QED) is 0.630. The summed E-state index contributed by atoms with van der Waals surface area (Å²) in [6.45, 7) is 2.86. The fourth-order valence-electron chi connectivity index (χ4n) is 1.78. The third-order valence-electron chi connectivity index (χ3n) is 2.37. The van der Waals surface area contributed by atoms with Crippen LogP contribution in [0.25, 0.3) is 0 Å². The highest BCUT2D eigenvalue weighted by Gasteiger charge is 2.21. The lowest BCUT2D eigenvalue weighted by molar-refractivity contribution is -0.109. The van der Waals surface area contributed by atoms with Gasteiger partial charge in [0.1, 0.15) is 6.29 Å². The smallest absolute Gasteiger partial charge is 0.141 e. The van der Waals surface area contributed by atoms with Crippen LogP contribution >= 0.6 is 0 Å². The van der Waals surface area contributed by atoms with Crippen molar-refractivity contribution in [1.29, 1.82) is 0 Å². The minimum atomic E-state index is -0.0822. The van der Waals surface area contributed by atoms with Crippen LogP contribution in [0.2, 0.25) is 0 Å². The molecule has 0 aliphatic carbocycles. The summed E-state index contributed by atoms with van der Waals surface area (Å²) in [5.74, 6) is 0. The predicted molar refractivity (Wildman–Crippen MR) is 46.8 cm³/mol. The number of rotatable bonds is 1. The molecular weight excluding hydrogens is 150 g/mol. The molecule has 2 rings (SSSR count). The Morgan fingerprint density at radius 3 is 3.17 bits per heavy atom. The largest absolute Gasteiger partial charge is 0.301 e. The van der Waals surface area contributed by atoms with E-state index in [1.54, 1.807) is 0 Å². The zero-order valence-corrected chi connectivity index (χ0v) is 7.00. The Morgan fingerprint density at radius 1 is 1.58 bits per heavy atom. The van der Waals surface area contributed by atoms with E-state index in [0.29, 0.717) is 0 Å². The van der Waals surface area contributed by atoms with Gasteiger partial charge in [-0.2, -0.15) is 0 Å². The average Bonchev–Trinajstić information content (AvgIpc) is 2.49. The van der Waals surface area contributed by atoms with Gasteiger partial charge in [-0.1, -0.05) is 18.2 Å². The minimum Gasteiger partial charge on any atom is -0.301 e. The molecule has 1 N–H and O–H groups in total. The molecule has 1 heterocycles. The van der Waals surface area contributed by atoms with E-state index in [9.17, 15) is 4.79 Å². The number of hydrogen-bond acceptors (Lipinski definition) is 2. The van der Waals surface area contributed by atoms with Gasteiger partial charge in [0.15, 0.2) is 0 Å². The fraction of sp³-hybridized carbons (Fsp3) is 0.300. The van der Waals surface area contributed by atoms with Crippen molar-refractivity contribution in [2.24, 2.45) is 0 Å². The monoisotopic (exact) mass is 161 g/mol. The van der Waals surface area contributed by atoms with Crippen LogP contribution < -0.4 is 5.32 Å². The van der Waals surface area contributed by atoms with Crippen LogP contribution in [0.5, 0.6) is 0 Å². The molecule has 2 nitrogen and oxygen atoms in total. The predicted octanol–water partition coefficient (Wildman–Crippen LogP) is 1.34. The lowest BCUT2D eigenvalue weighted by Gasteiger charge is -2.05. The molecule has 1 aliphatic rings. The van der Waals surface area contributed by atoms with Crippen LogP contribution in [-0.2, 0) is 11.3 Å². The van der Waals surface area contributed by atoms with Gasteiger partial charge in [-0.05, 0) is 23.6 Å². The Kier molecular flexibility index (Phi) is 1.70. The standard InChI is InChI=1S/C10H11NO/c1-7-3-2-4-8-5-11-9(6-12)10(7)8/h2-4,6,9,11H,5H2,1H3. The summed E-state index contributed by atoms with van der Waals surface area (Å²) in [6.07, 6.45) is 0.971. The average molecular weight is 161 g/mol. The van der Waals surface area contributed by atoms with Gasteiger partial charge in [0.25, 0.3) is 0 Å². The van der Waals surface area contributed by atoms with Crippen molar-refractivity contribution in [2.45, 2.75) is 19.5 Å². The summed E-state index contributed by atoms with van der Waals surface area (Å²) < 4.78 is 0. The van der Waals surface area contributed by atoms with Crippen LogP contribution in [0.1, 0.15) is 22.7 Å². The number of benzene rings is 1. The summed E-state index contributed by atoms with van der Waals surface area (Å²) in [7, 11) is 0. The van der Waals surface area contributed by atoms with Crippen molar-refractivity contribution >= 4 is 6.29 Å². The first-order valence-corrected chi connectivity index (χ1v) is 4.10. The molecule has 1 aliphatic heterocycles. The molecule has 0 spiro atoms. The van der Waals surface area contributed by atoms with E-state index in [2.05, 4.69) is 11.4 Å². The molecular formula is C10H11NO. The Morgan fingerprint density at radius 2 is 2.42 bits per heavy atom. The maximum atomic E-state index is 10.7. The summed E-state index contributed by atoms with van der Waals surface area (Å²) in [5, 5.41) is 3.14. The van der Waals surface area contributed by atoms with Gasteiger partial charge >= 0.3 is 0 Å². The number of carbonyl (C=O) groups excluding carboxylic acids is 1. The molecule has 0 saturated heterocycles. The second kappa shape index (κ2) is 2.72. The van der Waals surface area contributed by atoms with Crippen molar-refractivity contribution in [3.05, 3.63) is 34.9 Å². The van der Waals surface area contributed by atoms with Gasteiger partial charge < -0.3 is 4.79 Å². The maximum Gasteiger partial charge on any atom is 0.141 e. The van der Waals surface area contributed by atoms with Crippen LogP contribution in [0.15, 0.2) is 18.2 Å². The molecule has 1 aromatic carbocycles. The van der Waals surface area contributed by atoms with Crippen molar-refractivity contribution < 1.29 is 4.79 Å². The molecule has 0 bridgehead atoms. The number of fused-ring (bicyclic) bond motifs is 1. The molecule has 1 aromatic rings. The first kappa shape index (κ1) is 7.50. The van der Waals surface area contributed by atoms with Crippen LogP contribution in [0, 0.1) is 6.92 Å². The SMILES string of the molecule is Cc1cccc2c1C(C=O)NC2. The van der Waals surface area contributed by atoms with E-state index in [1.807, 2.05) is 19.1 Å². The van der Waals surface area contributed by atoms with Gasteiger partial charge in [0.2, 0.25) is 0 Å². The number of nitrogens with one attached hydrogen (secondary N) is 1. The Bertz CT molecular complexity index is 320. The zero-order chi connectivity index (χ0) is 8.55. The number of aryl methyl sites for hydroxylation is 1. The first-order valence-electron chi connectivity index (χ1n) is 4.10. The summed E-state index contributed by atoms with van der Waals surface area (Å²) in [4.78, 5) is 10.7. The maximum absolute atomic E-state index is 10.7. The van der Waals surface area contributed by atoms with Crippen molar-refractivity contribution in [3.63, 3.8) is 0 Å². The highest BCUT2D eigenvalue weighted by atomic mass is 16.1. The molecule has 0 fully saturated rings. The normalized spacial score (nSPS) is 20.6. The Hall–Kier alpha value is -1.15. The van der Waals surface area contributed by atoms with Gasteiger partial charge in [0, 0.05) is 6.54 Å². The van der Waals surface area contributed by atoms with Gasteiger partial charge in [-0.15, -0.1) is 0 Å². The molecule has 2 heteroatoms. The summed E-state index contributed by atoms with van der Waals surface area (Å²) in [5.41, 5.74) is 3.63. The van der Waals surface area contributed by atoms with E-state index in [-0.39, 0.29) is 6.04 Å².